The van der Waals surface area contributed by atoms with E-state index in [0.717, 1.165) is 0 Å². The summed E-state index contributed by atoms with van der Waals surface area (Å²) >= 11 is 0. The van der Waals surface area contributed by atoms with Crippen LogP contribution in [0.3, 0.4) is 0 Å². The topological polar surface area (TPSA) is 0 Å². The molecule has 0 N–H and O–H groups in total. The van der Waals surface area contributed by atoms with Gasteiger partial charge in [0.05, 0.1) is 0 Å². The van der Waals surface area contributed by atoms with Crippen LogP contribution in [-0.2, 0) is 0 Å². The molecular weight excluding hydrogens is 216 g/mol. The van der Waals surface area contributed by atoms with Gasteiger partial charge in [-0.1, -0.05) is 51.3 Å². The Morgan fingerprint density at radius 2 is 0.833 bits per heavy atom. The molecule has 0 unspecified atom stereocenters. The van der Waals surface area contributed by atoms with Crippen LogP contribution in [0.15, 0.2) is 36.4 Å². The Labute approximate surface area is 113 Å². The quantitative estimate of drug-likeness (QED) is 0.587. The van der Waals surface area contributed by atoms with Crippen molar-refractivity contribution in [1.82, 2.24) is 0 Å². The zero-order chi connectivity index (χ0) is 11.7. The van der Waals surface area contributed by atoms with Gasteiger partial charge in [-0.15, -0.1) is 0 Å². The summed E-state index contributed by atoms with van der Waals surface area (Å²) in [7, 11) is 0. The molecule has 0 aliphatic carbocycles. The van der Waals surface area contributed by atoms with Crippen LogP contribution in [-0.4, -0.2) is 0 Å². The smallest absolute Gasteiger partial charge is 0.0181 e. The van der Waals surface area contributed by atoms with Gasteiger partial charge >= 0.3 is 0 Å². The predicted octanol–water partition coefficient (Wildman–Crippen LogP) is 5.86. The fourth-order valence-electron chi connectivity index (χ4n) is 1.84. The summed E-state index contributed by atoms with van der Waals surface area (Å²) < 4.78 is 0. The molecule has 2 aromatic carbocycles. The average Bonchev–Trinajstić information content (AvgIpc) is 2.26. The Morgan fingerprint density at radius 1 is 0.500 bits per heavy atom. The molecule has 18 heavy (non-hydrogen) atoms. The third kappa shape index (κ3) is 3.22. The Hall–Kier alpha value is -1.56. The van der Waals surface area contributed by atoms with Crippen molar-refractivity contribution in [2.75, 3.05) is 0 Å². The van der Waals surface area contributed by atoms with E-state index in [4.69, 9.17) is 0 Å². The fourth-order valence-corrected chi connectivity index (χ4v) is 1.84. The number of aryl methyl sites for hydroxylation is 4. The normalized spacial score (nSPS) is 9.33. The molecule has 0 fully saturated rings. The highest BCUT2D eigenvalue weighted by Gasteiger charge is 2.01. The van der Waals surface area contributed by atoms with Crippen LogP contribution in [0.4, 0.5) is 0 Å². The van der Waals surface area contributed by atoms with Crippen molar-refractivity contribution in [3.8, 4) is 11.1 Å². The van der Waals surface area contributed by atoms with E-state index in [1.165, 1.54) is 33.4 Å². The average molecular weight is 242 g/mol. The second-order valence-corrected chi connectivity index (χ2v) is 4.60. The standard InChI is InChI=1S/C16H18.2CH4/c1-11-5-7-15(9-13(11)3)16-8-6-12(2)14(4)10-16;;/h5-10H,1-4H3;2*1H4. The maximum absolute atomic E-state index is 2.26. The first-order valence-electron chi connectivity index (χ1n) is 5.73. The van der Waals surface area contributed by atoms with E-state index in [0.29, 0.717) is 0 Å². The largest absolute Gasteiger partial charge is 0.0776 e. The summed E-state index contributed by atoms with van der Waals surface area (Å²) in [6.45, 7) is 8.64. The van der Waals surface area contributed by atoms with Gasteiger partial charge in [0, 0.05) is 0 Å². The van der Waals surface area contributed by atoms with Crippen LogP contribution >= 0.6 is 0 Å². The summed E-state index contributed by atoms with van der Waals surface area (Å²) in [5.41, 5.74) is 8.05. The molecule has 98 valence electrons. The lowest BCUT2D eigenvalue weighted by Crippen LogP contribution is -1.86. The number of hydrogen-bond donors (Lipinski definition) is 0. The van der Waals surface area contributed by atoms with E-state index in [2.05, 4.69) is 64.1 Å². The molecule has 2 aromatic rings. The first-order chi connectivity index (χ1) is 7.58. The van der Waals surface area contributed by atoms with Crippen molar-refractivity contribution in [2.45, 2.75) is 42.5 Å². The van der Waals surface area contributed by atoms with E-state index in [9.17, 15) is 0 Å². The van der Waals surface area contributed by atoms with Gasteiger partial charge in [0.1, 0.15) is 0 Å². The summed E-state index contributed by atoms with van der Waals surface area (Å²) in [4.78, 5) is 0. The highest BCUT2D eigenvalue weighted by Crippen LogP contribution is 2.24. The van der Waals surface area contributed by atoms with Crippen LogP contribution < -0.4 is 0 Å². The monoisotopic (exact) mass is 242 g/mol. The van der Waals surface area contributed by atoms with E-state index < -0.39 is 0 Å². The van der Waals surface area contributed by atoms with E-state index >= 15 is 0 Å². The molecule has 2 rings (SSSR count). The van der Waals surface area contributed by atoms with Crippen LogP contribution in [0.2, 0.25) is 0 Å². The van der Waals surface area contributed by atoms with Crippen LogP contribution in [0.5, 0.6) is 0 Å². The molecular formula is C18H26. The minimum Gasteiger partial charge on any atom is -0.0776 e. The van der Waals surface area contributed by atoms with Crippen LogP contribution in [0.1, 0.15) is 37.1 Å². The lowest BCUT2D eigenvalue weighted by atomic mass is 9.98. The predicted molar refractivity (Wildman–Crippen MR) is 84.3 cm³/mol. The van der Waals surface area contributed by atoms with Gasteiger partial charge in [0.15, 0.2) is 0 Å². The van der Waals surface area contributed by atoms with Gasteiger partial charge in [-0.2, -0.15) is 0 Å². The highest BCUT2D eigenvalue weighted by atomic mass is 14.1. The molecule has 0 heteroatoms. The van der Waals surface area contributed by atoms with E-state index in [1.54, 1.807) is 0 Å². The Kier molecular flexibility index (Phi) is 5.84. The first-order valence-corrected chi connectivity index (χ1v) is 5.73. The van der Waals surface area contributed by atoms with Gasteiger partial charge in [-0.3, -0.25) is 0 Å². The molecule has 0 radical (unpaired) electrons. The molecule has 0 amide bonds. The number of rotatable bonds is 1. The van der Waals surface area contributed by atoms with Gasteiger partial charge in [-0.25, -0.2) is 0 Å². The molecule has 0 spiro atoms. The number of benzene rings is 2. The van der Waals surface area contributed by atoms with Crippen molar-refractivity contribution < 1.29 is 0 Å². The minimum atomic E-state index is 0. The molecule has 0 bridgehead atoms. The van der Waals surface area contributed by atoms with Crippen molar-refractivity contribution in [3.63, 3.8) is 0 Å². The summed E-state index contributed by atoms with van der Waals surface area (Å²) in [5, 5.41) is 0. The summed E-state index contributed by atoms with van der Waals surface area (Å²) in [6.07, 6.45) is 0. The maximum Gasteiger partial charge on any atom is -0.0181 e. The fraction of sp³-hybridized carbons (Fsp3) is 0.333. The minimum absolute atomic E-state index is 0. The first kappa shape index (κ1) is 16.4. The summed E-state index contributed by atoms with van der Waals surface area (Å²) in [6, 6.07) is 13.3. The lowest BCUT2D eigenvalue weighted by Gasteiger charge is -2.08. The van der Waals surface area contributed by atoms with Crippen molar-refractivity contribution in [2.24, 2.45) is 0 Å². The molecule has 0 heterocycles. The Bertz CT molecular complexity index is 472. The maximum atomic E-state index is 2.26. The second-order valence-electron chi connectivity index (χ2n) is 4.60. The van der Waals surface area contributed by atoms with Gasteiger partial charge in [0.25, 0.3) is 0 Å². The summed E-state index contributed by atoms with van der Waals surface area (Å²) in [5.74, 6) is 0. The zero-order valence-corrected chi connectivity index (χ0v) is 10.5. The molecule has 0 aliphatic heterocycles. The number of hydrogen-bond acceptors (Lipinski definition) is 0. The van der Waals surface area contributed by atoms with Crippen molar-refractivity contribution in [1.29, 1.82) is 0 Å². The van der Waals surface area contributed by atoms with E-state index in [-0.39, 0.29) is 14.9 Å². The molecule has 0 aliphatic rings. The molecule has 0 saturated heterocycles. The molecule has 0 aromatic heterocycles. The SMILES string of the molecule is C.C.Cc1ccc(-c2ccc(C)c(C)c2)cc1C. The van der Waals surface area contributed by atoms with E-state index in [1.807, 2.05) is 0 Å². The molecule has 0 atom stereocenters. The lowest BCUT2D eigenvalue weighted by molar-refractivity contribution is 1.32. The molecule has 0 saturated carbocycles. The van der Waals surface area contributed by atoms with Gasteiger partial charge in [-0.05, 0) is 61.1 Å². The zero-order valence-electron chi connectivity index (χ0n) is 10.5. The highest BCUT2D eigenvalue weighted by molar-refractivity contribution is 5.66. The van der Waals surface area contributed by atoms with Crippen molar-refractivity contribution >= 4 is 0 Å². The van der Waals surface area contributed by atoms with Crippen molar-refractivity contribution in [3.05, 3.63) is 58.7 Å². The third-order valence-corrected chi connectivity index (χ3v) is 3.35. The van der Waals surface area contributed by atoms with Gasteiger partial charge in [0.2, 0.25) is 0 Å². The second kappa shape index (κ2) is 6.39. The Balaban J connectivity index is 0.00000144. The molecule has 0 nitrogen and oxygen atoms in total. The Morgan fingerprint density at radius 3 is 1.11 bits per heavy atom. The third-order valence-electron chi connectivity index (χ3n) is 3.35. The van der Waals surface area contributed by atoms with Gasteiger partial charge < -0.3 is 0 Å². The van der Waals surface area contributed by atoms with Crippen LogP contribution in [0.25, 0.3) is 11.1 Å². The van der Waals surface area contributed by atoms with Crippen LogP contribution in [0, 0.1) is 27.7 Å².